The van der Waals surface area contributed by atoms with Gasteiger partial charge in [-0.15, -0.1) is 0 Å². The van der Waals surface area contributed by atoms with Gasteiger partial charge in [-0.1, -0.05) is 30.9 Å². The Bertz CT molecular complexity index is 1030. The third-order valence-corrected chi connectivity index (χ3v) is 6.96. The molecule has 0 spiro atoms. The van der Waals surface area contributed by atoms with Crippen LogP contribution in [0.1, 0.15) is 34.3 Å². The maximum absolute atomic E-state index is 13.0. The van der Waals surface area contributed by atoms with E-state index in [1.54, 1.807) is 30.2 Å². The molecule has 30 heavy (non-hydrogen) atoms. The number of benzene rings is 2. The van der Waals surface area contributed by atoms with Crippen LogP contribution in [0, 0.1) is 6.92 Å². The first kappa shape index (κ1) is 21.9. The second-order valence-corrected chi connectivity index (χ2v) is 9.52. The molecule has 7 heteroatoms. The highest BCUT2D eigenvalue weighted by molar-refractivity contribution is 7.92. The van der Waals surface area contributed by atoms with E-state index >= 15 is 0 Å². The molecule has 0 saturated carbocycles. The normalized spacial score (nSPS) is 15.5. The molecule has 0 atom stereocenters. The zero-order chi connectivity index (χ0) is 21.7. The second-order valence-electron chi connectivity index (χ2n) is 7.50. The van der Waals surface area contributed by atoms with Gasteiger partial charge in [-0.25, -0.2) is 8.42 Å². The molecule has 0 bridgehead atoms. The minimum Gasteiger partial charge on any atom is -0.490 e. The van der Waals surface area contributed by atoms with Crippen LogP contribution in [-0.2, 0) is 16.6 Å². The van der Waals surface area contributed by atoms with Gasteiger partial charge in [0, 0.05) is 25.7 Å². The fraction of sp³-hybridized carbons (Fsp3) is 0.348. The molecule has 0 aromatic heterocycles. The third kappa shape index (κ3) is 5.02. The Balaban J connectivity index is 1.79. The first-order valence-corrected chi connectivity index (χ1v) is 11.6. The topological polar surface area (TPSA) is 66.9 Å². The van der Waals surface area contributed by atoms with Gasteiger partial charge in [-0.05, 0) is 55.2 Å². The molecule has 0 N–H and O–H groups in total. The van der Waals surface area contributed by atoms with Gasteiger partial charge in [0.05, 0.1) is 11.4 Å². The summed E-state index contributed by atoms with van der Waals surface area (Å²) in [4.78, 5) is 14.6. The van der Waals surface area contributed by atoms with Crippen LogP contribution in [0.25, 0.3) is 0 Å². The van der Waals surface area contributed by atoms with E-state index in [0.717, 1.165) is 23.3 Å². The molecule has 1 aliphatic rings. The van der Waals surface area contributed by atoms with E-state index < -0.39 is 10.0 Å². The monoisotopic (exact) mass is 428 g/mol. The molecule has 1 aliphatic heterocycles. The molecule has 6 nitrogen and oxygen atoms in total. The first-order valence-electron chi connectivity index (χ1n) is 10.0. The van der Waals surface area contributed by atoms with Gasteiger partial charge < -0.3 is 9.64 Å². The van der Waals surface area contributed by atoms with Gasteiger partial charge >= 0.3 is 0 Å². The Hall–Kier alpha value is -2.80. The molecule has 0 radical (unpaired) electrons. The Morgan fingerprint density at radius 1 is 1.23 bits per heavy atom. The summed E-state index contributed by atoms with van der Waals surface area (Å²) in [5, 5.41) is 0. The fourth-order valence-electron chi connectivity index (χ4n) is 3.53. The zero-order valence-corrected chi connectivity index (χ0v) is 18.3. The molecule has 3 rings (SSSR count). The molecule has 0 unspecified atom stereocenters. The predicted molar refractivity (Wildman–Crippen MR) is 119 cm³/mol. The van der Waals surface area contributed by atoms with Crippen molar-refractivity contribution in [2.24, 2.45) is 0 Å². The number of rotatable bonds is 7. The smallest absolute Gasteiger partial charge is 0.253 e. The van der Waals surface area contributed by atoms with Crippen molar-refractivity contribution in [3.05, 3.63) is 71.8 Å². The van der Waals surface area contributed by atoms with Gasteiger partial charge in [0.1, 0.15) is 12.4 Å². The number of ether oxygens (including phenoxy) is 1. The number of aryl methyl sites for hydroxylation is 1. The van der Waals surface area contributed by atoms with Crippen molar-refractivity contribution >= 4 is 21.6 Å². The number of sulfonamides is 1. The van der Waals surface area contributed by atoms with Crippen molar-refractivity contribution in [1.29, 1.82) is 0 Å². The van der Waals surface area contributed by atoms with Gasteiger partial charge in [-0.3, -0.25) is 9.10 Å². The van der Waals surface area contributed by atoms with Crippen LogP contribution in [0.15, 0.2) is 55.1 Å². The van der Waals surface area contributed by atoms with Crippen molar-refractivity contribution in [3.63, 3.8) is 0 Å². The summed E-state index contributed by atoms with van der Waals surface area (Å²) in [6.07, 6.45) is 3.18. The van der Waals surface area contributed by atoms with Crippen LogP contribution in [-0.4, -0.2) is 45.2 Å². The molecule has 1 saturated heterocycles. The summed E-state index contributed by atoms with van der Waals surface area (Å²) in [5.74, 6) is 0.707. The summed E-state index contributed by atoms with van der Waals surface area (Å²) in [7, 11) is -1.60. The second kappa shape index (κ2) is 9.34. The third-order valence-electron chi connectivity index (χ3n) is 5.11. The van der Waals surface area contributed by atoms with E-state index in [4.69, 9.17) is 4.74 Å². The number of hydrogen-bond acceptors (Lipinski definition) is 4. The molecule has 1 heterocycles. The minimum atomic E-state index is -3.34. The lowest BCUT2D eigenvalue weighted by Crippen LogP contribution is -2.38. The highest BCUT2D eigenvalue weighted by atomic mass is 32.2. The standard InChI is InChI=1S/C23H28N2O4S/c1-4-13-29-21-9-7-8-19(15-21)17-24(3)23(26)20-11-10-18(2)22(16-20)25-12-5-6-14-30(25,27)28/h4,7-11,15-16H,1,5-6,12-14,17H2,2-3H3. The van der Waals surface area contributed by atoms with Crippen LogP contribution in [0.5, 0.6) is 5.75 Å². The number of carbonyl (C=O) groups excluding carboxylic acids is 1. The molecule has 2 aromatic rings. The Labute approximate surface area is 178 Å². The van der Waals surface area contributed by atoms with E-state index in [0.29, 0.717) is 37.4 Å². The first-order chi connectivity index (χ1) is 14.3. The molecule has 2 aromatic carbocycles. The summed E-state index contributed by atoms with van der Waals surface area (Å²) < 4.78 is 32.0. The van der Waals surface area contributed by atoms with Crippen LogP contribution in [0.2, 0.25) is 0 Å². The van der Waals surface area contributed by atoms with E-state index in [2.05, 4.69) is 6.58 Å². The number of anilines is 1. The number of hydrogen-bond donors (Lipinski definition) is 0. The lowest BCUT2D eigenvalue weighted by Gasteiger charge is -2.30. The van der Waals surface area contributed by atoms with E-state index in [-0.39, 0.29) is 11.7 Å². The molecular formula is C23H28N2O4S. The Morgan fingerprint density at radius 2 is 2.03 bits per heavy atom. The van der Waals surface area contributed by atoms with Crippen LogP contribution >= 0.6 is 0 Å². The summed E-state index contributed by atoms with van der Waals surface area (Å²) >= 11 is 0. The number of amides is 1. The largest absolute Gasteiger partial charge is 0.490 e. The van der Waals surface area contributed by atoms with Gasteiger partial charge in [0.15, 0.2) is 0 Å². The SMILES string of the molecule is C=CCOc1cccc(CN(C)C(=O)c2ccc(C)c(N3CCCCS3(=O)=O)c2)c1. The van der Waals surface area contributed by atoms with Crippen molar-refractivity contribution in [2.75, 3.05) is 30.3 Å². The van der Waals surface area contributed by atoms with Crippen molar-refractivity contribution < 1.29 is 17.9 Å². The molecular weight excluding hydrogens is 400 g/mol. The maximum Gasteiger partial charge on any atom is 0.253 e. The van der Waals surface area contributed by atoms with E-state index in [1.165, 1.54) is 4.31 Å². The molecule has 160 valence electrons. The van der Waals surface area contributed by atoms with E-state index in [1.807, 2.05) is 37.3 Å². The lowest BCUT2D eigenvalue weighted by atomic mass is 10.1. The van der Waals surface area contributed by atoms with Gasteiger partial charge in [-0.2, -0.15) is 0 Å². The van der Waals surface area contributed by atoms with E-state index in [9.17, 15) is 13.2 Å². The van der Waals surface area contributed by atoms with Crippen LogP contribution < -0.4 is 9.04 Å². The van der Waals surface area contributed by atoms with Crippen molar-refractivity contribution in [2.45, 2.75) is 26.3 Å². The van der Waals surface area contributed by atoms with Crippen LogP contribution in [0.4, 0.5) is 5.69 Å². The zero-order valence-electron chi connectivity index (χ0n) is 17.5. The average Bonchev–Trinajstić information content (AvgIpc) is 2.72. The predicted octanol–water partition coefficient (Wildman–Crippen LogP) is 3.76. The molecule has 1 amide bonds. The average molecular weight is 429 g/mol. The highest BCUT2D eigenvalue weighted by Crippen LogP contribution is 2.28. The molecule has 0 aliphatic carbocycles. The Morgan fingerprint density at radius 3 is 2.77 bits per heavy atom. The number of nitrogens with zero attached hydrogens (tertiary/aromatic N) is 2. The fourth-order valence-corrected chi connectivity index (χ4v) is 5.22. The van der Waals surface area contributed by atoms with Gasteiger partial charge in [0.2, 0.25) is 10.0 Å². The quantitative estimate of drug-likeness (QED) is 0.630. The Kier molecular flexibility index (Phi) is 6.82. The van der Waals surface area contributed by atoms with Crippen molar-refractivity contribution in [3.8, 4) is 5.75 Å². The lowest BCUT2D eigenvalue weighted by molar-refractivity contribution is 0.0785. The minimum absolute atomic E-state index is 0.148. The summed E-state index contributed by atoms with van der Waals surface area (Å²) in [6.45, 7) is 6.79. The highest BCUT2D eigenvalue weighted by Gasteiger charge is 2.28. The maximum atomic E-state index is 13.0. The van der Waals surface area contributed by atoms with Gasteiger partial charge in [0.25, 0.3) is 5.91 Å². The number of carbonyl (C=O) groups is 1. The summed E-state index contributed by atoms with van der Waals surface area (Å²) in [5.41, 5.74) is 2.84. The molecule has 1 fully saturated rings. The van der Waals surface area contributed by atoms with Crippen molar-refractivity contribution in [1.82, 2.24) is 4.90 Å². The van der Waals surface area contributed by atoms with Crippen LogP contribution in [0.3, 0.4) is 0 Å². The summed E-state index contributed by atoms with van der Waals surface area (Å²) in [6, 6.07) is 12.8.